The lowest BCUT2D eigenvalue weighted by Crippen LogP contribution is -2.47. The summed E-state index contributed by atoms with van der Waals surface area (Å²) in [6, 6.07) is 7.69. The van der Waals surface area contributed by atoms with E-state index in [1.165, 1.54) is 32.0 Å². The Bertz CT molecular complexity index is 1060. The van der Waals surface area contributed by atoms with Gasteiger partial charge in [0.05, 0.1) is 30.0 Å². The van der Waals surface area contributed by atoms with Gasteiger partial charge in [0.15, 0.2) is 5.69 Å². The van der Waals surface area contributed by atoms with Gasteiger partial charge in [-0.2, -0.15) is 23.5 Å². The van der Waals surface area contributed by atoms with E-state index in [1.807, 2.05) is 19.9 Å². The van der Waals surface area contributed by atoms with Gasteiger partial charge in [0.2, 0.25) is 5.43 Å². The zero-order chi connectivity index (χ0) is 23.4. The van der Waals surface area contributed by atoms with Crippen molar-refractivity contribution in [2.75, 3.05) is 6.61 Å². The van der Waals surface area contributed by atoms with Crippen molar-refractivity contribution in [1.82, 2.24) is 15.1 Å². The summed E-state index contributed by atoms with van der Waals surface area (Å²) in [7, 11) is 0. The standard InChI is InChI=1S/C21H23F3N4O3/c1-13(2)31-10-9-20(4,12-25)26-19(30)18-17(29)11-14(3)28(27-18)16-8-6-5-7-15(16)21(22,23)24/h5-8,11,13H,9-10H2,1-4H3,(H,26,30)/t20-/m1/s1. The van der Waals surface area contributed by atoms with Crippen LogP contribution in [0.3, 0.4) is 0 Å². The fraction of sp³-hybridized carbons (Fsp3) is 0.429. The first-order valence-corrected chi connectivity index (χ1v) is 9.51. The molecule has 1 aromatic carbocycles. The average molecular weight is 436 g/mol. The van der Waals surface area contributed by atoms with Gasteiger partial charge in [0.1, 0.15) is 5.54 Å². The molecule has 0 bridgehead atoms. The van der Waals surface area contributed by atoms with Crippen LogP contribution in [0.15, 0.2) is 35.1 Å². The molecule has 1 heterocycles. The van der Waals surface area contributed by atoms with E-state index in [1.54, 1.807) is 0 Å². The first-order chi connectivity index (χ1) is 14.4. The molecule has 0 spiro atoms. The number of hydrogen-bond donors (Lipinski definition) is 1. The minimum Gasteiger partial charge on any atom is -0.379 e. The molecule has 166 valence electrons. The van der Waals surface area contributed by atoms with Gasteiger partial charge in [-0.1, -0.05) is 12.1 Å². The van der Waals surface area contributed by atoms with Crippen LogP contribution in [0.2, 0.25) is 0 Å². The van der Waals surface area contributed by atoms with Crippen molar-refractivity contribution in [2.45, 2.75) is 51.9 Å². The van der Waals surface area contributed by atoms with Crippen LogP contribution in [0.1, 0.15) is 48.9 Å². The molecule has 2 rings (SSSR count). The fourth-order valence-corrected chi connectivity index (χ4v) is 2.80. The van der Waals surface area contributed by atoms with Crippen LogP contribution in [-0.4, -0.2) is 33.9 Å². The van der Waals surface area contributed by atoms with E-state index in [9.17, 15) is 28.0 Å². The van der Waals surface area contributed by atoms with Gasteiger partial charge < -0.3 is 10.1 Å². The molecule has 0 saturated heterocycles. The molecule has 1 N–H and O–H groups in total. The first-order valence-electron chi connectivity index (χ1n) is 9.51. The number of aromatic nitrogens is 2. The highest BCUT2D eigenvalue weighted by Crippen LogP contribution is 2.33. The van der Waals surface area contributed by atoms with Crippen LogP contribution in [0.25, 0.3) is 5.69 Å². The summed E-state index contributed by atoms with van der Waals surface area (Å²) in [5.74, 6) is -0.961. The molecular weight excluding hydrogens is 413 g/mol. The summed E-state index contributed by atoms with van der Waals surface area (Å²) in [5.41, 5.74) is -3.92. The van der Waals surface area contributed by atoms with Gasteiger partial charge in [-0.15, -0.1) is 0 Å². The second kappa shape index (κ2) is 9.31. The largest absolute Gasteiger partial charge is 0.418 e. The number of aryl methyl sites for hydroxylation is 1. The monoisotopic (exact) mass is 436 g/mol. The van der Waals surface area contributed by atoms with Crippen LogP contribution in [0.4, 0.5) is 13.2 Å². The fourth-order valence-electron chi connectivity index (χ4n) is 2.80. The summed E-state index contributed by atoms with van der Waals surface area (Å²) in [5, 5.41) is 15.8. The summed E-state index contributed by atoms with van der Waals surface area (Å²) in [4.78, 5) is 25.1. The highest BCUT2D eigenvalue weighted by molar-refractivity contribution is 5.92. The van der Waals surface area contributed by atoms with E-state index in [4.69, 9.17) is 4.74 Å². The van der Waals surface area contributed by atoms with Crippen LogP contribution in [-0.2, 0) is 10.9 Å². The Hall–Kier alpha value is -3.19. The van der Waals surface area contributed by atoms with Crippen molar-refractivity contribution in [3.05, 3.63) is 57.5 Å². The molecule has 7 nitrogen and oxygen atoms in total. The predicted molar refractivity (Wildman–Crippen MR) is 107 cm³/mol. The van der Waals surface area contributed by atoms with E-state index in [-0.39, 0.29) is 30.5 Å². The normalized spacial score (nSPS) is 13.5. The Balaban J connectivity index is 2.43. The number of carbonyl (C=O) groups is 1. The van der Waals surface area contributed by atoms with Crippen molar-refractivity contribution >= 4 is 5.91 Å². The van der Waals surface area contributed by atoms with Crippen molar-refractivity contribution in [3.8, 4) is 11.8 Å². The molecule has 1 amide bonds. The lowest BCUT2D eigenvalue weighted by atomic mass is 10.00. The highest BCUT2D eigenvalue weighted by Gasteiger charge is 2.34. The van der Waals surface area contributed by atoms with Crippen LogP contribution < -0.4 is 10.7 Å². The molecule has 0 aliphatic carbocycles. The number of halogens is 3. The second-order valence-electron chi connectivity index (χ2n) is 7.49. The van der Waals surface area contributed by atoms with Gasteiger partial charge in [-0.25, -0.2) is 4.68 Å². The number of nitrogens with zero attached hydrogens (tertiary/aromatic N) is 3. The van der Waals surface area contributed by atoms with E-state index < -0.39 is 34.3 Å². The van der Waals surface area contributed by atoms with Crippen LogP contribution in [0, 0.1) is 18.3 Å². The quantitative estimate of drug-likeness (QED) is 0.718. The van der Waals surface area contributed by atoms with Crippen LogP contribution in [0.5, 0.6) is 0 Å². The molecule has 2 aromatic rings. The van der Waals surface area contributed by atoms with Crippen molar-refractivity contribution in [2.24, 2.45) is 0 Å². The van der Waals surface area contributed by atoms with Crippen molar-refractivity contribution in [3.63, 3.8) is 0 Å². The van der Waals surface area contributed by atoms with E-state index in [2.05, 4.69) is 10.4 Å². The Morgan fingerprint density at radius 2 is 1.97 bits per heavy atom. The minimum atomic E-state index is -4.66. The first kappa shape index (κ1) is 24.1. The van der Waals surface area contributed by atoms with E-state index in [0.29, 0.717) is 0 Å². The lowest BCUT2D eigenvalue weighted by molar-refractivity contribution is -0.137. The summed E-state index contributed by atoms with van der Waals surface area (Å²) < 4.78 is 46.5. The summed E-state index contributed by atoms with van der Waals surface area (Å²) in [6.45, 7) is 6.69. The zero-order valence-corrected chi connectivity index (χ0v) is 17.6. The number of nitrogens with one attached hydrogen (secondary N) is 1. The number of para-hydroxylation sites is 1. The van der Waals surface area contributed by atoms with E-state index in [0.717, 1.165) is 16.8 Å². The Labute approximate surface area is 177 Å². The Kier molecular flexibility index (Phi) is 7.23. The molecule has 0 saturated carbocycles. The number of alkyl halides is 3. The number of benzene rings is 1. The smallest absolute Gasteiger partial charge is 0.379 e. The van der Waals surface area contributed by atoms with Gasteiger partial charge in [0, 0.05) is 18.2 Å². The summed E-state index contributed by atoms with van der Waals surface area (Å²) >= 11 is 0. The number of rotatable bonds is 7. The molecule has 1 aromatic heterocycles. The number of hydrogen-bond acceptors (Lipinski definition) is 5. The topological polar surface area (TPSA) is 97.0 Å². The third kappa shape index (κ3) is 5.92. The highest BCUT2D eigenvalue weighted by atomic mass is 19.4. The van der Waals surface area contributed by atoms with Gasteiger partial charge in [-0.3, -0.25) is 9.59 Å². The Morgan fingerprint density at radius 3 is 2.55 bits per heavy atom. The Morgan fingerprint density at radius 1 is 1.32 bits per heavy atom. The SMILES string of the molecule is Cc1cc(=O)c(C(=O)N[C@@](C)(C#N)CCOC(C)C)nn1-c1ccccc1C(F)(F)F. The maximum absolute atomic E-state index is 13.4. The van der Waals surface area contributed by atoms with Crippen molar-refractivity contribution in [1.29, 1.82) is 5.26 Å². The van der Waals surface area contributed by atoms with Gasteiger partial charge in [0.25, 0.3) is 5.91 Å². The average Bonchev–Trinajstić information content (AvgIpc) is 2.67. The minimum absolute atomic E-state index is 0.0710. The van der Waals surface area contributed by atoms with Crippen molar-refractivity contribution < 1.29 is 22.7 Å². The molecule has 0 aliphatic heterocycles. The van der Waals surface area contributed by atoms with Gasteiger partial charge >= 0.3 is 6.18 Å². The third-order valence-electron chi connectivity index (χ3n) is 4.45. The third-order valence-corrected chi connectivity index (χ3v) is 4.45. The summed E-state index contributed by atoms with van der Waals surface area (Å²) in [6.07, 6.45) is -4.59. The molecule has 0 radical (unpaired) electrons. The molecular formula is C21H23F3N4O3. The lowest BCUT2D eigenvalue weighted by Gasteiger charge is -2.23. The molecule has 31 heavy (non-hydrogen) atoms. The zero-order valence-electron chi connectivity index (χ0n) is 17.6. The molecule has 10 heteroatoms. The number of ether oxygens (including phenoxy) is 1. The number of nitriles is 1. The van der Waals surface area contributed by atoms with Gasteiger partial charge in [-0.05, 0) is 39.8 Å². The predicted octanol–water partition coefficient (Wildman–Crippen LogP) is 3.39. The number of amides is 1. The molecule has 0 aliphatic rings. The molecule has 0 unspecified atom stereocenters. The molecule has 0 fully saturated rings. The maximum Gasteiger partial charge on any atom is 0.418 e. The second-order valence-corrected chi connectivity index (χ2v) is 7.49. The maximum atomic E-state index is 13.4. The number of carbonyl (C=O) groups excluding carboxylic acids is 1. The van der Waals surface area contributed by atoms with Crippen LogP contribution >= 0.6 is 0 Å². The molecule has 1 atom stereocenters. The van der Waals surface area contributed by atoms with E-state index >= 15 is 0 Å².